The Kier molecular flexibility index (Phi) is 16.0. The van der Waals surface area contributed by atoms with Gasteiger partial charge in [0.05, 0.1) is 6.42 Å². The first kappa shape index (κ1) is 33.1. The van der Waals surface area contributed by atoms with Crippen molar-refractivity contribution in [2.75, 3.05) is 19.6 Å². The summed E-state index contributed by atoms with van der Waals surface area (Å²) < 4.78 is 0. The van der Waals surface area contributed by atoms with Crippen LogP contribution in [0.15, 0.2) is 0 Å². The van der Waals surface area contributed by atoms with Crippen LogP contribution < -0.4 is 22.0 Å². The van der Waals surface area contributed by atoms with Crippen molar-refractivity contribution in [3.63, 3.8) is 0 Å². The molecule has 16 nitrogen and oxygen atoms in total. The van der Waals surface area contributed by atoms with E-state index in [1.807, 2.05) is 0 Å². The Morgan fingerprint density at radius 2 is 1.13 bits per heavy atom. The molecule has 1 rings (SSSR count). The van der Waals surface area contributed by atoms with Crippen molar-refractivity contribution < 1.29 is 49.5 Å². The molecule has 16 heteroatoms. The fourth-order valence-corrected chi connectivity index (χ4v) is 4.33. The lowest BCUT2D eigenvalue weighted by atomic mass is 9.85. The van der Waals surface area contributed by atoms with Gasteiger partial charge >= 0.3 is 29.8 Å². The van der Waals surface area contributed by atoms with Gasteiger partial charge in [-0.2, -0.15) is 16.6 Å². The molecule has 3 atom stereocenters. The molecule has 3 unspecified atom stereocenters. The Morgan fingerprint density at radius 1 is 0.579 bits per heavy atom. The van der Waals surface area contributed by atoms with Gasteiger partial charge in [-0.1, -0.05) is 12.8 Å². The molecule has 218 valence electrons. The molecule has 0 aliphatic carbocycles. The minimum Gasteiger partial charge on any atom is -0.481 e. The van der Waals surface area contributed by atoms with E-state index in [-0.39, 0.29) is 37.5 Å². The Balaban J connectivity index is 3.07. The zero-order valence-corrected chi connectivity index (χ0v) is 21.3. The highest BCUT2D eigenvalue weighted by Crippen LogP contribution is 2.26. The smallest absolute Gasteiger partial charge is 0.320 e. The third-order valence-electron chi connectivity index (χ3n) is 6.16. The van der Waals surface area contributed by atoms with Crippen LogP contribution in [0, 0.1) is 11.8 Å². The zero-order valence-electron chi connectivity index (χ0n) is 21.3. The average Bonchev–Trinajstić information content (AvgIpc) is 2.78. The Hall–Kier alpha value is -2.89. The monoisotopic (exact) mass is 548 g/mol. The number of aliphatic carboxylic acids is 5. The van der Waals surface area contributed by atoms with Crippen molar-refractivity contribution in [2.45, 2.75) is 76.7 Å². The van der Waals surface area contributed by atoms with Gasteiger partial charge in [0.2, 0.25) is 0 Å². The summed E-state index contributed by atoms with van der Waals surface area (Å²) in [6.45, 7) is -0.692. The molecule has 0 aromatic carbocycles. The molecule has 0 aromatic heterocycles. The predicted octanol–water partition coefficient (Wildman–Crippen LogP) is -0.147. The molecular formula is C22H40N6O10. The lowest BCUT2D eigenvalue weighted by molar-refractivity contribution is -0.145. The van der Waals surface area contributed by atoms with E-state index < -0.39 is 49.0 Å². The number of nitrogens with zero attached hydrogens (tertiary/aromatic N) is 2. The normalized spacial score (nSPS) is 24.1. The van der Waals surface area contributed by atoms with Crippen molar-refractivity contribution in [1.82, 2.24) is 32.2 Å². The highest BCUT2D eigenvalue weighted by molar-refractivity contribution is 5.69. The molecule has 0 saturated carbocycles. The molecule has 1 aliphatic rings. The molecule has 9 N–H and O–H groups in total. The van der Waals surface area contributed by atoms with E-state index in [2.05, 4.69) is 22.0 Å². The van der Waals surface area contributed by atoms with Gasteiger partial charge in [0, 0.05) is 25.4 Å². The summed E-state index contributed by atoms with van der Waals surface area (Å²) in [5, 5.41) is 48.7. The largest absolute Gasteiger partial charge is 0.481 e. The van der Waals surface area contributed by atoms with E-state index in [4.69, 9.17) is 0 Å². The molecule has 0 bridgehead atoms. The molecular weight excluding hydrogens is 508 g/mol. The topological polar surface area (TPSA) is 241 Å². The molecule has 1 saturated heterocycles. The van der Waals surface area contributed by atoms with Crippen molar-refractivity contribution in [3.8, 4) is 0 Å². The predicted molar refractivity (Wildman–Crippen MR) is 131 cm³/mol. The number of rotatable bonds is 10. The number of hydrogen-bond acceptors (Lipinski definition) is 11. The Bertz CT molecular complexity index is 732. The summed E-state index contributed by atoms with van der Waals surface area (Å²) in [4.78, 5) is 56.7. The maximum atomic E-state index is 11.4. The van der Waals surface area contributed by atoms with Crippen LogP contribution in [0.5, 0.6) is 0 Å². The molecule has 0 radical (unpaired) electrons. The molecule has 0 amide bonds. The second-order valence-corrected chi connectivity index (χ2v) is 9.50. The van der Waals surface area contributed by atoms with E-state index in [0.29, 0.717) is 51.5 Å². The van der Waals surface area contributed by atoms with Gasteiger partial charge in [0.15, 0.2) is 0 Å². The van der Waals surface area contributed by atoms with Crippen molar-refractivity contribution >= 4 is 29.8 Å². The summed E-state index contributed by atoms with van der Waals surface area (Å²) in [6, 6.07) is -0.703. The van der Waals surface area contributed by atoms with Crippen LogP contribution in [-0.2, 0) is 24.0 Å². The minimum atomic E-state index is -1.23. The molecule has 1 fully saturated rings. The van der Waals surface area contributed by atoms with Gasteiger partial charge < -0.3 is 25.5 Å². The van der Waals surface area contributed by atoms with Gasteiger partial charge in [-0.25, -0.2) is 10.4 Å². The molecule has 1 heterocycles. The fourth-order valence-electron chi connectivity index (χ4n) is 4.33. The Labute approximate surface area is 220 Å². The average molecular weight is 549 g/mol. The van der Waals surface area contributed by atoms with Crippen LogP contribution in [0.1, 0.15) is 70.6 Å². The van der Waals surface area contributed by atoms with Gasteiger partial charge in [0.1, 0.15) is 13.1 Å². The third kappa shape index (κ3) is 16.8. The van der Waals surface area contributed by atoms with Gasteiger partial charge in [-0.15, -0.1) is 5.12 Å². The summed E-state index contributed by atoms with van der Waals surface area (Å²) in [7, 11) is 0. The highest BCUT2D eigenvalue weighted by Gasteiger charge is 2.22. The second-order valence-electron chi connectivity index (χ2n) is 9.50. The lowest BCUT2D eigenvalue weighted by Gasteiger charge is -2.30. The van der Waals surface area contributed by atoms with E-state index in [1.165, 1.54) is 5.01 Å². The number of hydrazine groups is 5. The highest BCUT2D eigenvalue weighted by atomic mass is 16.4. The van der Waals surface area contributed by atoms with Crippen molar-refractivity contribution in [1.29, 1.82) is 0 Å². The van der Waals surface area contributed by atoms with Gasteiger partial charge in [0.25, 0.3) is 0 Å². The van der Waals surface area contributed by atoms with E-state index in [9.17, 15) is 49.5 Å². The van der Waals surface area contributed by atoms with Gasteiger partial charge in [-0.05, 0) is 50.4 Å². The maximum Gasteiger partial charge on any atom is 0.320 e. The van der Waals surface area contributed by atoms with Crippen molar-refractivity contribution in [3.05, 3.63) is 0 Å². The van der Waals surface area contributed by atoms with Crippen LogP contribution in [0.2, 0.25) is 0 Å². The number of carboxylic acid groups (broad SMARTS) is 5. The molecule has 0 spiro atoms. The first-order valence-corrected chi connectivity index (χ1v) is 12.6. The first-order valence-electron chi connectivity index (χ1n) is 12.6. The van der Waals surface area contributed by atoms with Crippen LogP contribution in [0.4, 0.5) is 0 Å². The second kappa shape index (κ2) is 18.4. The molecule has 38 heavy (non-hydrogen) atoms. The number of nitrogens with one attached hydrogen (secondary N) is 4. The number of hydrogen-bond donors (Lipinski definition) is 9. The van der Waals surface area contributed by atoms with Crippen LogP contribution >= 0.6 is 0 Å². The molecule has 0 aromatic rings. The number of carbonyl (C=O) groups is 5. The first-order chi connectivity index (χ1) is 17.9. The lowest BCUT2D eigenvalue weighted by Crippen LogP contribution is -2.64. The zero-order chi connectivity index (χ0) is 28.5. The third-order valence-corrected chi connectivity index (χ3v) is 6.16. The summed E-state index contributed by atoms with van der Waals surface area (Å²) >= 11 is 0. The van der Waals surface area contributed by atoms with Crippen molar-refractivity contribution in [2.24, 2.45) is 11.8 Å². The maximum absolute atomic E-state index is 11.4. The summed E-state index contributed by atoms with van der Waals surface area (Å²) in [5.74, 6) is -5.83. The molecule has 1 aliphatic heterocycles. The van der Waals surface area contributed by atoms with E-state index in [0.717, 1.165) is 5.12 Å². The Morgan fingerprint density at radius 3 is 1.68 bits per heavy atom. The van der Waals surface area contributed by atoms with Crippen LogP contribution in [0.3, 0.4) is 0 Å². The minimum absolute atomic E-state index is 0.0388. The van der Waals surface area contributed by atoms with Gasteiger partial charge in [-0.3, -0.25) is 24.0 Å². The summed E-state index contributed by atoms with van der Waals surface area (Å²) in [5.41, 5.74) is 10.5. The SMILES string of the molecule is O=C(O)CC1CCCCCN(CC(=O)O)NNN(CC(=O)O)NNC(CC(=O)O)CCC(CC(=O)O)CC1. The van der Waals surface area contributed by atoms with E-state index >= 15 is 0 Å². The van der Waals surface area contributed by atoms with E-state index in [1.54, 1.807) is 0 Å². The fraction of sp³-hybridized carbons (Fsp3) is 0.773. The quantitative estimate of drug-likeness (QED) is 0.172. The summed E-state index contributed by atoms with van der Waals surface area (Å²) in [6.07, 6.45) is 3.68. The van der Waals surface area contributed by atoms with Crippen LogP contribution in [-0.4, -0.2) is 91.2 Å². The van der Waals surface area contributed by atoms with Crippen LogP contribution in [0.25, 0.3) is 0 Å². The standard InChI is InChI=1S/C22H40N6O10/c29-18(30)10-15-4-2-1-3-9-27(13-21(35)36)25-26-28(14-22(37)38)24-23-17(12-20(33)34)8-7-16(6-5-15)11-19(31)32/h15-17,23-26H,1-14H2,(H,29,30)(H,31,32)(H,33,34)(H,35,36)(H,37,38). The number of carboxylic acids is 5.